The van der Waals surface area contributed by atoms with Crippen LogP contribution in [0.2, 0.25) is 0 Å². The number of benzene rings is 1. The molecule has 0 aliphatic carbocycles. The van der Waals surface area contributed by atoms with Crippen LogP contribution in [-0.4, -0.2) is 51.5 Å². The minimum atomic E-state index is -0.269. The molecule has 0 saturated carbocycles. The molecule has 1 amide bonds. The molecular weight excluding hydrogens is 320 g/mol. The minimum Gasteiger partial charge on any atom is -0.380 e. The van der Waals surface area contributed by atoms with Gasteiger partial charge in [0.2, 0.25) is 5.91 Å². The number of carbonyl (C=O) groups is 1. The van der Waals surface area contributed by atoms with Crippen molar-refractivity contribution in [1.29, 1.82) is 0 Å². The molecule has 7 heteroatoms. The van der Waals surface area contributed by atoms with Crippen LogP contribution in [-0.2, 0) is 22.5 Å². The van der Waals surface area contributed by atoms with Gasteiger partial charge in [-0.25, -0.2) is 4.79 Å². The molecule has 0 bridgehead atoms. The van der Waals surface area contributed by atoms with E-state index < -0.39 is 0 Å². The second-order valence-electron chi connectivity index (χ2n) is 6.13. The monoisotopic (exact) mass is 344 g/mol. The van der Waals surface area contributed by atoms with Gasteiger partial charge < -0.3 is 9.64 Å². The Balaban J connectivity index is 1.88. The van der Waals surface area contributed by atoms with Gasteiger partial charge in [0.1, 0.15) is 12.4 Å². The zero-order chi connectivity index (χ0) is 17.6. The average Bonchev–Trinajstić information content (AvgIpc) is 2.83. The molecule has 2 heterocycles. The summed E-state index contributed by atoms with van der Waals surface area (Å²) < 4.78 is 8.28. The molecule has 1 aromatic heterocycles. The summed E-state index contributed by atoms with van der Waals surface area (Å²) in [5.74, 6) is 0.591. The summed E-state index contributed by atoms with van der Waals surface area (Å²) in [7, 11) is 0. The highest BCUT2D eigenvalue weighted by Gasteiger charge is 2.21. The lowest BCUT2D eigenvalue weighted by atomic mass is 10.3. The highest BCUT2D eigenvalue weighted by atomic mass is 16.5. The van der Waals surface area contributed by atoms with Crippen LogP contribution >= 0.6 is 0 Å². The summed E-state index contributed by atoms with van der Waals surface area (Å²) in [4.78, 5) is 27.2. The molecule has 0 N–H and O–H groups in total. The Morgan fingerprint density at radius 3 is 2.76 bits per heavy atom. The third kappa shape index (κ3) is 3.99. The van der Waals surface area contributed by atoms with Crippen molar-refractivity contribution in [2.45, 2.75) is 32.7 Å². The van der Waals surface area contributed by atoms with Gasteiger partial charge in [-0.05, 0) is 25.0 Å². The maximum absolute atomic E-state index is 12.8. The predicted octanol–water partition coefficient (Wildman–Crippen LogP) is 1.24. The molecule has 134 valence electrons. The van der Waals surface area contributed by atoms with E-state index in [0.29, 0.717) is 44.2 Å². The number of ether oxygens (including phenoxy) is 1. The van der Waals surface area contributed by atoms with E-state index in [1.54, 1.807) is 4.90 Å². The molecule has 25 heavy (non-hydrogen) atoms. The van der Waals surface area contributed by atoms with Crippen molar-refractivity contribution in [1.82, 2.24) is 19.2 Å². The zero-order valence-corrected chi connectivity index (χ0v) is 14.6. The molecule has 0 radical (unpaired) electrons. The maximum atomic E-state index is 12.8. The molecule has 7 nitrogen and oxygen atoms in total. The molecule has 1 fully saturated rings. The quantitative estimate of drug-likeness (QED) is 0.818. The summed E-state index contributed by atoms with van der Waals surface area (Å²) in [6.45, 7) is 4.53. The summed E-state index contributed by atoms with van der Waals surface area (Å²) in [5.41, 5.74) is 0.438. The van der Waals surface area contributed by atoms with Crippen LogP contribution in [0.15, 0.2) is 35.1 Å². The zero-order valence-electron chi connectivity index (χ0n) is 14.6. The van der Waals surface area contributed by atoms with Crippen LogP contribution in [0.25, 0.3) is 5.69 Å². The lowest BCUT2D eigenvalue weighted by molar-refractivity contribution is -0.132. The second-order valence-corrected chi connectivity index (χ2v) is 6.13. The largest absolute Gasteiger partial charge is 0.380 e. The molecule has 1 aromatic carbocycles. The Morgan fingerprint density at radius 2 is 2.00 bits per heavy atom. The van der Waals surface area contributed by atoms with Gasteiger partial charge in [0.05, 0.1) is 12.3 Å². The van der Waals surface area contributed by atoms with Crippen molar-refractivity contribution >= 4 is 5.91 Å². The molecule has 2 aromatic rings. The number of para-hydroxylation sites is 1. The first kappa shape index (κ1) is 17.4. The number of amides is 1. The van der Waals surface area contributed by atoms with Crippen molar-refractivity contribution in [3.63, 3.8) is 0 Å². The van der Waals surface area contributed by atoms with Gasteiger partial charge in [0, 0.05) is 26.1 Å². The summed E-state index contributed by atoms with van der Waals surface area (Å²) >= 11 is 0. The lowest BCUT2D eigenvalue weighted by Crippen LogP contribution is -2.38. The van der Waals surface area contributed by atoms with Crippen molar-refractivity contribution in [3.8, 4) is 5.69 Å². The van der Waals surface area contributed by atoms with Gasteiger partial charge >= 0.3 is 5.69 Å². The first-order valence-corrected chi connectivity index (χ1v) is 8.80. The van der Waals surface area contributed by atoms with E-state index in [1.807, 2.05) is 37.3 Å². The maximum Gasteiger partial charge on any atom is 0.351 e. The number of aryl methyl sites for hydroxylation is 1. The molecule has 1 saturated heterocycles. The van der Waals surface area contributed by atoms with Crippen LogP contribution in [0, 0.1) is 0 Å². The van der Waals surface area contributed by atoms with E-state index >= 15 is 0 Å². The fraction of sp³-hybridized carbons (Fsp3) is 0.500. The van der Waals surface area contributed by atoms with Gasteiger partial charge in [-0.1, -0.05) is 25.1 Å². The van der Waals surface area contributed by atoms with Crippen molar-refractivity contribution < 1.29 is 9.53 Å². The smallest absolute Gasteiger partial charge is 0.351 e. The van der Waals surface area contributed by atoms with Gasteiger partial charge in [0.25, 0.3) is 0 Å². The molecular formula is C18H24N4O3. The third-order valence-corrected chi connectivity index (χ3v) is 4.28. The molecule has 0 spiro atoms. The van der Waals surface area contributed by atoms with Gasteiger partial charge in [-0.3, -0.25) is 9.36 Å². The van der Waals surface area contributed by atoms with Crippen LogP contribution in [0.3, 0.4) is 0 Å². The summed E-state index contributed by atoms with van der Waals surface area (Å²) in [5, 5.41) is 4.46. The number of aromatic nitrogens is 3. The Labute approximate surface area is 146 Å². The van der Waals surface area contributed by atoms with E-state index in [9.17, 15) is 9.59 Å². The number of hydrogen-bond donors (Lipinski definition) is 0. The Hall–Kier alpha value is -2.41. The van der Waals surface area contributed by atoms with Crippen molar-refractivity contribution in [2.24, 2.45) is 0 Å². The van der Waals surface area contributed by atoms with Gasteiger partial charge in [-0.2, -0.15) is 4.68 Å². The Morgan fingerprint density at radius 1 is 1.20 bits per heavy atom. The van der Waals surface area contributed by atoms with Crippen LogP contribution < -0.4 is 5.69 Å². The van der Waals surface area contributed by atoms with E-state index in [4.69, 9.17) is 4.74 Å². The first-order chi connectivity index (χ1) is 12.2. The van der Waals surface area contributed by atoms with Crippen molar-refractivity contribution in [3.05, 3.63) is 46.6 Å². The summed E-state index contributed by atoms with van der Waals surface area (Å²) in [6.07, 6.45) is 2.34. The normalized spacial score (nSPS) is 15.2. The molecule has 1 aliphatic heterocycles. The molecule has 0 atom stereocenters. The van der Waals surface area contributed by atoms with E-state index in [-0.39, 0.29) is 18.1 Å². The van der Waals surface area contributed by atoms with Crippen LogP contribution in [0.4, 0.5) is 0 Å². The molecule has 1 aliphatic rings. The fourth-order valence-electron chi connectivity index (χ4n) is 2.97. The fourth-order valence-corrected chi connectivity index (χ4v) is 2.97. The number of nitrogens with zero attached hydrogens (tertiary/aromatic N) is 4. The minimum absolute atomic E-state index is 0.0288. The topological polar surface area (TPSA) is 69.4 Å². The van der Waals surface area contributed by atoms with E-state index in [1.165, 1.54) is 9.25 Å². The van der Waals surface area contributed by atoms with Crippen molar-refractivity contribution in [2.75, 3.05) is 26.3 Å². The highest BCUT2D eigenvalue weighted by molar-refractivity contribution is 5.76. The van der Waals surface area contributed by atoms with E-state index in [0.717, 1.165) is 12.8 Å². The predicted molar refractivity (Wildman–Crippen MR) is 93.8 cm³/mol. The number of rotatable bonds is 5. The second kappa shape index (κ2) is 8.11. The summed E-state index contributed by atoms with van der Waals surface area (Å²) in [6, 6.07) is 9.29. The highest BCUT2D eigenvalue weighted by Crippen LogP contribution is 2.07. The Bertz CT molecular complexity index is 758. The number of hydrogen-bond acceptors (Lipinski definition) is 4. The average molecular weight is 344 g/mol. The SMILES string of the molecule is CCCc1nn(-c2ccccc2)c(=O)n1CC(=O)N1CCCOCC1. The van der Waals surface area contributed by atoms with Gasteiger partial charge in [-0.15, -0.1) is 5.10 Å². The van der Waals surface area contributed by atoms with Crippen LogP contribution in [0.5, 0.6) is 0 Å². The molecule has 3 rings (SSSR count). The standard InChI is InChI=1S/C18H24N4O3/c1-2-7-16-19-22(15-8-4-3-5-9-15)18(24)21(16)14-17(23)20-10-6-12-25-13-11-20/h3-5,8-9H,2,6-7,10-14H2,1H3. The lowest BCUT2D eigenvalue weighted by Gasteiger charge is -2.19. The third-order valence-electron chi connectivity index (χ3n) is 4.28. The molecule has 0 unspecified atom stereocenters. The first-order valence-electron chi connectivity index (χ1n) is 8.80. The van der Waals surface area contributed by atoms with E-state index in [2.05, 4.69) is 5.10 Å². The van der Waals surface area contributed by atoms with Gasteiger partial charge in [0.15, 0.2) is 0 Å². The number of carbonyl (C=O) groups excluding carboxylic acids is 1. The van der Waals surface area contributed by atoms with Crippen LogP contribution in [0.1, 0.15) is 25.6 Å². The Kier molecular flexibility index (Phi) is 5.65.